The maximum atomic E-state index is 5.57. The Morgan fingerprint density at radius 1 is 1.00 bits per heavy atom. The summed E-state index contributed by atoms with van der Waals surface area (Å²) in [4.78, 5) is 0. The molecule has 14 heavy (non-hydrogen) atoms. The highest BCUT2D eigenvalue weighted by Gasteiger charge is 2.17. The first-order chi connectivity index (χ1) is 6.95. The molecule has 1 aliphatic carbocycles. The second kappa shape index (κ2) is 5.72. The summed E-state index contributed by atoms with van der Waals surface area (Å²) >= 11 is 0. The van der Waals surface area contributed by atoms with E-state index in [0.717, 1.165) is 19.1 Å². The number of ether oxygens (including phenoxy) is 1. The van der Waals surface area contributed by atoms with E-state index in [4.69, 9.17) is 4.74 Å². The van der Waals surface area contributed by atoms with E-state index in [1.165, 1.54) is 51.5 Å². The molecular weight excluding hydrogens is 174 g/mol. The van der Waals surface area contributed by atoms with Crippen LogP contribution in [0.1, 0.15) is 44.9 Å². The predicted molar refractivity (Wildman–Crippen MR) is 58.4 cm³/mol. The average molecular weight is 197 g/mol. The van der Waals surface area contributed by atoms with Gasteiger partial charge in [0, 0.05) is 6.61 Å². The van der Waals surface area contributed by atoms with Crippen molar-refractivity contribution < 1.29 is 4.74 Å². The molecule has 1 saturated carbocycles. The van der Waals surface area contributed by atoms with Crippen LogP contribution in [0.2, 0.25) is 0 Å². The third-order valence-corrected chi connectivity index (χ3v) is 3.62. The Balaban J connectivity index is 1.39. The largest absolute Gasteiger partial charge is 0.378 e. The highest BCUT2D eigenvalue weighted by atomic mass is 16.5. The lowest BCUT2D eigenvalue weighted by Crippen LogP contribution is -2.24. The molecule has 0 bridgehead atoms. The second-order valence-corrected chi connectivity index (χ2v) is 4.76. The molecule has 1 atom stereocenters. The minimum absolute atomic E-state index is 0.561. The van der Waals surface area contributed by atoms with Gasteiger partial charge in [-0.2, -0.15) is 0 Å². The van der Waals surface area contributed by atoms with E-state index in [9.17, 15) is 0 Å². The van der Waals surface area contributed by atoms with Gasteiger partial charge >= 0.3 is 0 Å². The molecule has 1 aliphatic heterocycles. The van der Waals surface area contributed by atoms with E-state index >= 15 is 0 Å². The molecule has 1 N–H and O–H groups in total. The maximum absolute atomic E-state index is 5.57. The molecule has 2 aliphatic rings. The van der Waals surface area contributed by atoms with Crippen molar-refractivity contribution in [3.63, 3.8) is 0 Å². The fourth-order valence-electron chi connectivity index (χ4n) is 2.35. The first kappa shape index (κ1) is 10.4. The van der Waals surface area contributed by atoms with Crippen molar-refractivity contribution in [2.24, 2.45) is 5.92 Å². The minimum Gasteiger partial charge on any atom is -0.378 e. The fourth-order valence-corrected chi connectivity index (χ4v) is 2.35. The van der Waals surface area contributed by atoms with Crippen molar-refractivity contribution >= 4 is 0 Å². The van der Waals surface area contributed by atoms with Crippen molar-refractivity contribution in [1.82, 2.24) is 5.32 Å². The van der Waals surface area contributed by atoms with Crippen LogP contribution in [0.25, 0.3) is 0 Å². The number of rotatable bonds is 6. The molecule has 2 fully saturated rings. The van der Waals surface area contributed by atoms with Gasteiger partial charge in [0.2, 0.25) is 0 Å². The van der Waals surface area contributed by atoms with E-state index < -0.39 is 0 Å². The van der Waals surface area contributed by atoms with Crippen molar-refractivity contribution in [3.8, 4) is 0 Å². The Bertz CT molecular complexity index is 150. The Kier molecular flexibility index (Phi) is 4.26. The van der Waals surface area contributed by atoms with Crippen LogP contribution >= 0.6 is 0 Å². The summed E-state index contributed by atoms with van der Waals surface area (Å²) in [5, 5.41) is 3.53. The van der Waals surface area contributed by atoms with Crippen molar-refractivity contribution in [2.45, 2.75) is 51.0 Å². The van der Waals surface area contributed by atoms with Crippen LogP contribution in [-0.4, -0.2) is 25.8 Å². The average Bonchev–Trinajstić information content (AvgIpc) is 2.60. The molecule has 0 spiro atoms. The third-order valence-electron chi connectivity index (χ3n) is 3.62. The van der Waals surface area contributed by atoms with E-state index in [0.29, 0.717) is 6.10 Å². The van der Waals surface area contributed by atoms with Gasteiger partial charge in [-0.15, -0.1) is 0 Å². The summed E-state index contributed by atoms with van der Waals surface area (Å²) in [7, 11) is 0. The Morgan fingerprint density at radius 3 is 2.50 bits per heavy atom. The highest BCUT2D eigenvalue weighted by Crippen LogP contribution is 2.28. The number of hydrogen-bond donors (Lipinski definition) is 1. The molecule has 1 saturated heterocycles. The number of hydrogen-bond acceptors (Lipinski definition) is 2. The van der Waals surface area contributed by atoms with Gasteiger partial charge in [0.1, 0.15) is 0 Å². The molecular formula is C12H23NO. The summed E-state index contributed by atoms with van der Waals surface area (Å²) < 4.78 is 5.57. The van der Waals surface area contributed by atoms with Crippen molar-refractivity contribution in [1.29, 1.82) is 0 Å². The van der Waals surface area contributed by atoms with Gasteiger partial charge in [-0.25, -0.2) is 0 Å². The van der Waals surface area contributed by atoms with E-state index in [-0.39, 0.29) is 0 Å². The van der Waals surface area contributed by atoms with Crippen molar-refractivity contribution in [2.75, 3.05) is 19.7 Å². The second-order valence-electron chi connectivity index (χ2n) is 4.76. The zero-order valence-corrected chi connectivity index (χ0v) is 9.13. The Hall–Kier alpha value is -0.0800. The topological polar surface area (TPSA) is 21.3 Å². The van der Waals surface area contributed by atoms with Gasteiger partial charge < -0.3 is 10.1 Å². The molecule has 0 aromatic rings. The summed E-state index contributed by atoms with van der Waals surface area (Å²) in [6.07, 6.45) is 10.2. The SMILES string of the molecule is C1CC(CCNCCC2CCCO2)C1. The summed E-state index contributed by atoms with van der Waals surface area (Å²) in [6.45, 7) is 3.36. The molecule has 0 amide bonds. The first-order valence-electron chi connectivity index (χ1n) is 6.27. The molecule has 2 heteroatoms. The van der Waals surface area contributed by atoms with Gasteiger partial charge in [-0.1, -0.05) is 19.3 Å². The number of nitrogens with one attached hydrogen (secondary N) is 1. The first-order valence-corrected chi connectivity index (χ1v) is 6.27. The van der Waals surface area contributed by atoms with E-state index in [1.807, 2.05) is 0 Å². The molecule has 0 aromatic heterocycles. The Labute approximate surface area is 87.4 Å². The summed E-state index contributed by atoms with van der Waals surface area (Å²) in [6, 6.07) is 0. The summed E-state index contributed by atoms with van der Waals surface area (Å²) in [5.74, 6) is 1.05. The lowest BCUT2D eigenvalue weighted by molar-refractivity contribution is 0.104. The molecule has 2 nitrogen and oxygen atoms in total. The maximum Gasteiger partial charge on any atom is 0.0588 e. The van der Waals surface area contributed by atoms with Crippen LogP contribution in [0.4, 0.5) is 0 Å². The van der Waals surface area contributed by atoms with Crippen LogP contribution in [0.15, 0.2) is 0 Å². The van der Waals surface area contributed by atoms with Crippen LogP contribution in [0, 0.1) is 5.92 Å². The molecule has 82 valence electrons. The predicted octanol–water partition coefficient (Wildman–Crippen LogP) is 2.34. The van der Waals surface area contributed by atoms with Crippen LogP contribution in [-0.2, 0) is 4.74 Å². The summed E-state index contributed by atoms with van der Waals surface area (Å²) in [5.41, 5.74) is 0. The quantitative estimate of drug-likeness (QED) is 0.660. The third kappa shape index (κ3) is 3.25. The fraction of sp³-hybridized carbons (Fsp3) is 1.00. The molecule has 0 radical (unpaired) electrons. The molecule has 2 rings (SSSR count). The standard InChI is InChI=1S/C12H23NO/c1-3-11(4-1)6-8-13-9-7-12-5-2-10-14-12/h11-13H,1-10H2. The van der Waals surface area contributed by atoms with Gasteiger partial charge in [-0.3, -0.25) is 0 Å². The minimum atomic E-state index is 0.561. The zero-order valence-electron chi connectivity index (χ0n) is 9.13. The molecule has 1 unspecified atom stereocenters. The van der Waals surface area contributed by atoms with Crippen LogP contribution in [0.5, 0.6) is 0 Å². The smallest absolute Gasteiger partial charge is 0.0588 e. The molecule has 1 heterocycles. The normalized spacial score (nSPS) is 27.9. The lowest BCUT2D eigenvalue weighted by atomic mass is 9.83. The van der Waals surface area contributed by atoms with Gasteiger partial charge in [0.05, 0.1) is 6.10 Å². The van der Waals surface area contributed by atoms with Crippen LogP contribution in [0.3, 0.4) is 0 Å². The lowest BCUT2D eigenvalue weighted by Gasteiger charge is -2.25. The van der Waals surface area contributed by atoms with Gasteiger partial charge in [-0.05, 0) is 44.7 Å². The van der Waals surface area contributed by atoms with Crippen molar-refractivity contribution in [3.05, 3.63) is 0 Å². The van der Waals surface area contributed by atoms with E-state index in [1.54, 1.807) is 0 Å². The zero-order chi connectivity index (χ0) is 9.64. The molecule has 0 aromatic carbocycles. The Morgan fingerprint density at radius 2 is 1.86 bits per heavy atom. The van der Waals surface area contributed by atoms with Gasteiger partial charge in [0.25, 0.3) is 0 Å². The van der Waals surface area contributed by atoms with Gasteiger partial charge in [0.15, 0.2) is 0 Å². The van der Waals surface area contributed by atoms with Crippen LogP contribution < -0.4 is 5.32 Å². The highest BCUT2D eigenvalue weighted by molar-refractivity contribution is 4.71. The monoisotopic (exact) mass is 197 g/mol. The van der Waals surface area contributed by atoms with E-state index in [2.05, 4.69) is 5.32 Å².